The Labute approximate surface area is 86.1 Å². The van der Waals surface area contributed by atoms with Crippen LogP contribution in [0.3, 0.4) is 0 Å². The molecule has 3 N–H and O–H groups in total. The molecule has 76 valence electrons. The highest BCUT2D eigenvalue weighted by atomic mass is 35.5. The van der Waals surface area contributed by atoms with Gasteiger partial charge in [-0.15, -0.1) is 0 Å². The normalized spacial score (nSPS) is 11.4. The molecule has 6 heteroatoms. The van der Waals surface area contributed by atoms with E-state index in [1.165, 1.54) is 6.20 Å². The van der Waals surface area contributed by atoms with Crippen LogP contribution in [0.2, 0.25) is 5.02 Å². The predicted octanol–water partition coefficient (Wildman–Crippen LogP) is 1.23. The fraction of sp³-hybridized carbons (Fsp3) is 0.250. The highest BCUT2D eigenvalue weighted by Crippen LogP contribution is 2.25. The van der Waals surface area contributed by atoms with E-state index in [0.29, 0.717) is 12.2 Å². The van der Waals surface area contributed by atoms with Gasteiger partial charge in [0.2, 0.25) is 5.88 Å². The molecule has 1 rings (SSSR count). The predicted molar refractivity (Wildman–Crippen MR) is 52.9 cm³/mol. The molecule has 0 saturated heterocycles. The van der Waals surface area contributed by atoms with Crippen molar-refractivity contribution in [1.82, 2.24) is 4.98 Å². The van der Waals surface area contributed by atoms with Crippen molar-refractivity contribution in [3.8, 4) is 5.88 Å². The van der Waals surface area contributed by atoms with Gasteiger partial charge in [0.25, 0.3) is 0 Å². The molecule has 14 heavy (non-hydrogen) atoms. The van der Waals surface area contributed by atoms with Crippen LogP contribution in [0.15, 0.2) is 17.4 Å². The third-order valence-corrected chi connectivity index (χ3v) is 1.89. The zero-order valence-corrected chi connectivity index (χ0v) is 8.32. The first kappa shape index (κ1) is 10.6. The Hall–Kier alpha value is -1.49. The summed E-state index contributed by atoms with van der Waals surface area (Å²) in [5.74, 6) is 0.205. The van der Waals surface area contributed by atoms with Crippen LogP contribution < -0.4 is 10.5 Å². The van der Waals surface area contributed by atoms with Crippen molar-refractivity contribution in [1.29, 1.82) is 0 Å². The minimum atomic E-state index is -0.0710. The number of pyridine rings is 1. The summed E-state index contributed by atoms with van der Waals surface area (Å²) in [6, 6.07) is 1.54. The molecule has 0 atom stereocenters. The van der Waals surface area contributed by atoms with E-state index < -0.39 is 0 Å². The first-order valence-electron chi connectivity index (χ1n) is 3.95. The van der Waals surface area contributed by atoms with Crippen molar-refractivity contribution in [2.45, 2.75) is 6.92 Å². The van der Waals surface area contributed by atoms with Crippen LogP contribution in [-0.2, 0) is 0 Å². The molecule has 0 aromatic carbocycles. The van der Waals surface area contributed by atoms with Gasteiger partial charge in [0.1, 0.15) is 5.02 Å². The van der Waals surface area contributed by atoms with Gasteiger partial charge in [-0.1, -0.05) is 16.8 Å². The summed E-state index contributed by atoms with van der Waals surface area (Å²) in [5, 5.41) is 11.6. The number of nitrogens with two attached hydrogens (primary N) is 1. The summed E-state index contributed by atoms with van der Waals surface area (Å²) in [5.41, 5.74) is 5.79. The first-order chi connectivity index (χ1) is 6.70. The molecule has 0 spiro atoms. The smallest absolute Gasteiger partial charge is 0.233 e. The van der Waals surface area contributed by atoms with Crippen molar-refractivity contribution in [2.24, 2.45) is 10.9 Å². The van der Waals surface area contributed by atoms with Crippen LogP contribution >= 0.6 is 11.6 Å². The molecule has 5 nitrogen and oxygen atoms in total. The molecule has 0 aliphatic heterocycles. The number of aromatic nitrogens is 1. The lowest BCUT2D eigenvalue weighted by Gasteiger charge is -2.06. The summed E-state index contributed by atoms with van der Waals surface area (Å²) in [7, 11) is 0. The van der Waals surface area contributed by atoms with Crippen LogP contribution in [0, 0.1) is 0 Å². The molecule has 0 radical (unpaired) electrons. The Bertz CT molecular complexity index is 354. The number of halogens is 1. The minimum absolute atomic E-state index is 0.0710. The Kier molecular flexibility index (Phi) is 3.53. The lowest BCUT2D eigenvalue weighted by Crippen LogP contribution is -2.14. The second-order valence-electron chi connectivity index (χ2n) is 2.40. The third kappa shape index (κ3) is 2.05. The van der Waals surface area contributed by atoms with Gasteiger partial charge >= 0.3 is 0 Å². The van der Waals surface area contributed by atoms with Gasteiger partial charge in [-0.3, -0.25) is 0 Å². The Balaban J connectivity index is 3.13. The molecule has 0 bridgehead atoms. The van der Waals surface area contributed by atoms with Crippen LogP contribution in [-0.4, -0.2) is 22.6 Å². The highest BCUT2D eigenvalue weighted by molar-refractivity contribution is 6.35. The van der Waals surface area contributed by atoms with Gasteiger partial charge in [-0.2, -0.15) is 0 Å². The number of hydrogen-bond donors (Lipinski definition) is 2. The van der Waals surface area contributed by atoms with Crippen molar-refractivity contribution in [3.05, 3.63) is 22.8 Å². The summed E-state index contributed by atoms with van der Waals surface area (Å²) < 4.78 is 5.14. The van der Waals surface area contributed by atoms with Crippen LogP contribution in [0.1, 0.15) is 12.5 Å². The number of hydrogen-bond acceptors (Lipinski definition) is 4. The molecule has 1 aromatic heterocycles. The van der Waals surface area contributed by atoms with Gasteiger partial charge in [0, 0.05) is 11.8 Å². The van der Waals surface area contributed by atoms with E-state index in [0.717, 1.165) is 0 Å². The topological polar surface area (TPSA) is 80.7 Å². The van der Waals surface area contributed by atoms with Crippen molar-refractivity contribution in [3.63, 3.8) is 0 Å². The van der Waals surface area contributed by atoms with E-state index in [9.17, 15) is 0 Å². The van der Waals surface area contributed by atoms with Crippen LogP contribution in [0.4, 0.5) is 0 Å². The monoisotopic (exact) mass is 215 g/mol. The van der Waals surface area contributed by atoms with E-state index in [-0.39, 0.29) is 16.7 Å². The van der Waals surface area contributed by atoms with E-state index in [1.807, 2.05) is 6.92 Å². The average Bonchev–Trinajstić information content (AvgIpc) is 2.20. The zero-order chi connectivity index (χ0) is 10.6. The highest BCUT2D eigenvalue weighted by Gasteiger charge is 2.11. The zero-order valence-electron chi connectivity index (χ0n) is 7.57. The molecule has 1 heterocycles. The summed E-state index contributed by atoms with van der Waals surface area (Å²) in [6.45, 7) is 2.26. The van der Waals surface area contributed by atoms with Gasteiger partial charge < -0.3 is 15.7 Å². The molecular formula is C8H10ClN3O2. The van der Waals surface area contributed by atoms with Gasteiger partial charge in [-0.05, 0) is 13.0 Å². The summed E-state index contributed by atoms with van der Waals surface area (Å²) in [6.07, 6.45) is 1.48. The molecule has 0 unspecified atom stereocenters. The summed E-state index contributed by atoms with van der Waals surface area (Å²) in [4.78, 5) is 3.90. The molecular weight excluding hydrogens is 206 g/mol. The van der Waals surface area contributed by atoms with E-state index in [1.54, 1.807) is 6.07 Å². The average molecular weight is 216 g/mol. The largest absolute Gasteiger partial charge is 0.477 e. The first-order valence-corrected chi connectivity index (χ1v) is 4.33. The number of rotatable bonds is 3. The maximum Gasteiger partial charge on any atom is 0.233 e. The number of oxime groups is 1. The van der Waals surface area contributed by atoms with Crippen molar-refractivity contribution < 1.29 is 9.94 Å². The van der Waals surface area contributed by atoms with Crippen molar-refractivity contribution >= 4 is 17.4 Å². The molecule has 0 saturated carbocycles. The van der Waals surface area contributed by atoms with Crippen LogP contribution in [0.5, 0.6) is 5.88 Å². The summed E-state index contributed by atoms with van der Waals surface area (Å²) >= 11 is 5.90. The second-order valence-corrected chi connectivity index (χ2v) is 2.77. The Morgan fingerprint density at radius 2 is 2.50 bits per heavy atom. The fourth-order valence-electron chi connectivity index (χ4n) is 0.914. The maximum atomic E-state index is 8.48. The molecule has 0 amide bonds. The lowest BCUT2D eigenvalue weighted by atomic mass is 10.2. The van der Waals surface area contributed by atoms with Crippen molar-refractivity contribution in [2.75, 3.05) is 6.61 Å². The number of ether oxygens (including phenoxy) is 1. The maximum absolute atomic E-state index is 8.48. The third-order valence-electron chi connectivity index (χ3n) is 1.52. The molecule has 0 aliphatic carbocycles. The van der Waals surface area contributed by atoms with Crippen LogP contribution in [0.25, 0.3) is 0 Å². The molecule has 0 fully saturated rings. The lowest BCUT2D eigenvalue weighted by molar-refractivity contribution is 0.318. The van der Waals surface area contributed by atoms with Gasteiger partial charge in [0.05, 0.1) is 6.61 Å². The SMILES string of the molecule is CCOc1nccc(/C(N)=N/O)c1Cl. The molecule has 1 aromatic rings. The number of nitrogens with zero attached hydrogens (tertiary/aromatic N) is 2. The minimum Gasteiger partial charge on any atom is -0.477 e. The Morgan fingerprint density at radius 1 is 1.79 bits per heavy atom. The number of amidine groups is 1. The second kappa shape index (κ2) is 4.66. The van der Waals surface area contributed by atoms with E-state index in [4.69, 9.17) is 27.3 Å². The van der Waals surface area contributed by atoms with E-state index >= 15 is 0 Å². The standard InChI is InChI=1S/C8H10ClN3O2/c1-2-14-8-6(9)5(3-4-11-8)7(10)12-13/h3-4,13H,2H2,1H3,(H2,10,12). The van der Waals surface area contributed by atoms with Gasteiger partial charge in [0.15, 0.2) is 5.84 Å². The van der Waals surface area contributed by atoms with Gasteiger partial charge in [-0.25, -0.2) is 4.98 Å². The Morgan fingerprint density at radius 3 is 3.07 bits per heavy atom. The fourth-order valence-corrected chi connectivity index (χ4v) is 1.18. The quantitative estimate of drug-likeness (QED) is 0.344. The van der Waals surface area contributed by atoms with E-state index in [2.05, 4.69) is 10.1 Å². The molecule has 0 aliphatic rings.